The number of carbonyl (C=O) groups is 2. The average molecular weight is 223 g/mol. The van der Waals surface area contributed by atoms with E-state index in [9.17, 15) is 14.0 Å². The van der Waals surface area contributed by atoms with Crippen molar-refractivity contribution in [2.45, 2.75) is 19.4 Å². The number of halogens is 1. The number of carbonyl (C=O) groups excluding carboxylic acids is 2. The monoisotopic (exact) mass is 223 g/mol. The van der Waals surface area contributed by atoms with Gasteiger partial charge in [-0.25, -0.2) is 4.39 Å². The van der Waals surface area contributed by atoms with E-state index in [0.29, 0.717) is 12.7 Å². The predicted octanol–water partition coefficient (Wildman–Crippen LogP) is 1.75. The highest BCUT2D eigenvalue weighted by atomic mass is 19.1. The van der Waals surface area contributed by atoms with Crippen LogP contribution in [-0.4, -0.2) is 18.3 Å². The molecule has 16 heavy (non-hydrogen) atoms. The molecule has 0 saturated carbocycles. The minimum atomic E-state index is -0.754. The normalized spacial score (nSPS) is 18.4. The maximum atomic E-state index is 13.6. The van der Waals surface area contributed by atoms with E-state index in [1.54, 1.807) is 6.92 Å². The van der Waals surface area contributed by atoms with Crippen molar-refractivity contribution < 1.29 is 18.7 Å². The molecule has 1 aliphatic rings. The number of fused-ring (bicyclic) bond motifs is 1. The second kappa shape index (κ2) is 3.92. The van der Waals surface area contributed by atoms with E-state index in [1.165, 1.54) is 12.1 Å². The summed E-state index contributed by atoms with van der Waals surface area (Å²) in [6.07, 6.45) is 0.296. The van der Waals surface area contributed by atoms with Crippen LogP contribution >= 0.6 is 0 Å². The van der Waals surface area contributed by atoms with Crippen LogP contribution in [0.3, 0.4) is 0 Å². The van der Waals surface area contributed by atoms with Crippen LogP contribution in [0.25, 0.3) is 0 Å². The van der Waals surface area contributed by atoms with Crippen LogP contribution in [0.15, 0.2) is 12.1 Å². The van der Waals surface area contributed by atoms with Crippen molar-refractivity contribution in [3.63, 3.8) is 0 Å². The molecule has 1 heterocycles. The van der Waals surface area contributed by atoms with Gasteiger partial charge in [0.1, 0.15) is 11.4 Å². The molecule has 1 atom stereocenters. The molecule has 1 unspecified atom stereocenters. The largest absolute Gasteiger partial charge is 0.478 e. The molecule has 84 valence electrons. The quantitative estimate of drug-likeness (QED) is 0.777. The predicted molar refractivity (Wildman–Crippen MR) is 55.1 cm³/mol. The van der Waals surface area contributed by atoms with E-state index >= 15 is 0 Å². The second-order valence-electron chi connectivity index (χ2n) is 3.46. The number of benzene rings is 1. The number of anilines is 1. The molecule has 1 aromatic rings. The van der Waals surface area contributed by atoms with Crippen LogP contribution in [0, 0.1) is 5.82 Å². The molecule has 1 aliphatic heterocycles. The van der Waals surface area contributed by atoms with E-state index in [2.05, 4.69) is 5.32 Å². The fourth-order valence-corrected chi connectivity index (χ4v) is 1.56. The van der Waals surface area contributed by atoms with Crippen LogP contribution in [0.1, 0.15) is 23.7 Å². The lowest BCUT2D eigenvalue weighted by Crippen LogP contribution is -2.36. The Morgan fingerprint density at radius 3 is 2.94 bits per heavy atom. The Hall–Kier alpha value is -1.91. The minimum Gasteiger partial charge on any atom is -0.478 e. The lowest BCUT2D eigenvalue weighted by Gasteiger charge is -2.25. The van der Waals surface area contributed by atoms with Gasteiger partial charge >= 0.3 is 0 Å². The number of ether oxygens (including phenoxy) is 1. The third-order valence-corrected chi connectivity index (χ3v) is 2.44. The lowest BCUT2D eigenvalue weighted by molar-refractivity contribution is -0.123. The van der Waals surface area contributed by atoms with E-state index in [0.717, 1.165) is 0 Å². The summed E-state index contributed by atoms with van der Waals surface area (Å²) in [7, 11) is 0. The molecule has 2 rings (SSSR count). The maximum Gasteiger partial charge on any atom is 0.265 e. The first-order chi connectivity index (χ1) is 7.67. The molecular formula is C11H10FNO3. The molecule has 1 N–H and O–H groups in total. The number of hydrogen-bond donors (Lipinski definition) is 1. The van der Waals surface area contributed by atoms with Gasteiger partial charge in [0.15, 0.2) is 18.2 Å². The van der Waals surface area contributed by atoms with Crippen molar-refractivity contribution in [2.75, 3.05) is 5.32 Å². The molecule has 1 amide bonds. The van der Waals surface area contributed by atoms with E-state index in [-0.39, 0.29) is 17.0 Å². The van der Waals surface area contributed by atoms with Crippen molar-refractivity contribution in [1.82, 2.24) is 0 Å². The first kappa shape index (κ1) is 10.6. The number of rotatable bonds is 2. The Bertz CT molecular complexity index is 459. The summed E-state index contributed by atoms with van der Waals surface area (Å²) in [6.45, 7) is 1.80. The Morgan fingerprint density at radius 1 is 1.56 bits per heavy atom. The molecule has 0 aliphatic carbocycles. The smallest absolute Gasteiger partial charge is 0.265 e. The summed E-state index contributed by atoms with van der Waals surface area (Å²) in [6, 6.07) is 2.80. The Balaban J connectivity index is 2.47. The topological polar surface area (TPSA) is 55.4 Å². The zero-order valence-corrected chi connectivity index (χ0v) is 8.62. The Morgan fingerprint density at radius 2 is 2.31 bits per heavy atom. The lowest BCUT2D eigenvalue weighted by atomic mass is 10.1. The molecule has 1 aromatic carbocycles. The highest BCUT2D eigenvalue weighted by Crippen LogP contribution is 2.33. The maximum absolute atomic E-state index is 13.6. The number of amides is 1. The molecule has 0 bridgehead atoms. The van der Waals surface area contributed by atoms with E-state index < -0.39 is 17.8 Å². The highest BCUT2D eigenvalue weighted by molar-refractivity contribution is 5.98. The summed E-state index contributed by atoms with van der Waals surface area (Å²) >= 11 is 0. The van der Waals surface area contributed by atoms with Gasteiger partial charge in [0.25, 0.3) is 5.91 Å². The van der Waals surface area contributed by atoms with Gasteiger partial charge in [-0.1, -0.05) is 6.92 Å². The van der Waals surface area contributed by atoms with Crippen molar-refractivity contribution >= 4 is 17.9 Å². The van der Waals surface area contributed by atoms with Crippen molar-refractivity contribution in [3.05, 3.63) is 23.5 Å². The fraction of sp³-hybridized carbons (Fsp3) is 0.273. The van der Waals surface area contributed by atoms with Gasteiger partial charge in [-0.15, -0.1) is 0 Å². The van der Waals surface area contributed by atoms with Gasteiger partial charge in [-0.2, -0.15) is 0 Å². The molecule has 0 saturated heterocycles. The first-order valence-electron chi connectivity index (χ1n) is 4.92. The molecule has 0 aromatic heterocycles. The summed E-state index contributed by atoms with van der Waals surface area (Å²) in [5, 5.41) is 2.41. The summed E-state index contributed by atoms with van der Waals surface area (Å²) < 4.78 is 18.9. The summed E-state index contributed by atoms with van der Waals surface area (Å²) in [4.78, 5) is 22.0. The van der Waals surface area contributed by atoms with Gasteiger partial charge in [-0.3, -0.25) is 9.59 Å². The van der Waals surface area contributed by atoms with Crippen molar-refractivity contribution in [2.24, 2.45) is 0 Å². The SMILES string of the molecule is CCC1Oc2ccc(C=O)c(F)c2NC1=O. The van der Waals surface area contributed by atoms with Crippen molar-refractivity contribution in [1.29, 1.82) is 0 Å². The summed E-state index contributed by atoms with van der Waals surface area (Å²) in [5.41, 5.74) is -0.156. The molecule has 0 radical (unpaired) electrons. The van der Waals surface area contributed by atoms with Crippen LogP contribution in [-0.2, 0) is 4.79 Å². The molecule has 5 heteroatoms. The van der Waals surface area contributed by atoms with Crippen molar-refractivity contribution in [3.8, 4) is 5.75 Å². The van der Waals surface area contributed by atoms with Gasteiger partial charge < -0.3 is 10.1 Å². The molecule has 0 spiro atoms. The van der Waals surface area contributed by atoms with E-state index in [4.69, 9.17) is 4.74 Å². The molecule has 0 fully saturated rings. The number of hydrogen-bond acceptors (Lipinski definition) is 3. The van der Waals surface area contributed by atoms with Gasteiger partial charge in [0.2, 0.25) is 0 Å². The standard InChI is InChI=1S/C11H10FNO3/c1-2-7-11(15)13-10-8(16-7)4-3-6(5-14)9(10)12/h3-5,7H,2H2,1H3,(H,13,15). The molecular weight excluding hydrogens is 213 g/mol. The number of aldehydes is 1. The first-order valence-corrected chi connectivity index (χ1v) is 4.92. The zero-order valence-electron chi connectivity index (χ0n) is 8.62. The van der Waals surface area contributed by atoms with Crippen LogP contribution < -0.4 is 10.1 Å². The third kappa shape index (κ3) is 1.54. The zero-order chi connectivity index (χ0) is 11.7. The highest BCUT2D eigenvalue weighted by Gasteiger charge is 2.28. The average Bonchev–Trinajstić information content (AvgIpc) is 2.30. The number of nitrogens with one attached hydrogen (secondary N) is 1. The van der Waals surface area contributed by atoms with Crippen LogP contribution in [0.4, 0.5) is 10.1 Å². The van der Waals surface area contributed by atoms with E-state index in [1.807, 2.05) is 0 Å². The second-order valence-corrected chi connectivity index (χ2v) is 3.46. The molecule has 4 nitrogen and oxygen atoms in total. The Kier molecular flexibility index (Phi) is 2.60. The third-order valence-electron chi connectivity index (χ3n) is 2.44. The van der Waals surface area contributed by atoms with Crippen LogP contribution in [0.5, 0.6) is 5.75 Å². The van der Waals surface area contributed by atoms with Gasteiger partial charge in [0.05, 0.1) is 5.56 Å². The Labute approximate surface area is 91.4 Å². The fourth-order valence-electron chi connectivity index (χ4n) is 1.56. The van der Waals surface area contributed by atoms with Crippen LogP contribution in [0.2, 0.25) is 0 Å². The minimum absolute atomic E-state index is 0.0562. The summed E-state index contributed by atoms with van der Waals surface area (Å²) in [5.74, 6) is -0.887. The van der Waals surface area contributed by atoms with Gasteiger partial charge in [-0.05, 0) is 18.6 Å². The van der Waals surface area contributed by atoms with Gasteiger partial charge in [0, 0.05) is 0 Å².